The van der Waals surface area contributed by atoms with E-state index in [1.807, 2.05) is 49.4 Å². The number of rotatable bonds is 4. The van der Waals surface area contributed by atoms with Gasteiger partial charge in [0.25, 0.3) is 5.91 Å². The van der Waals surface area contributed by atoms with Crippen LogP contribution in [0.3, 0.4) is 0 Å². The van der Waals surface area contributed by atoms with Crippen LogP contribution >= 0.6 is 0 Å². The average molecular weight is 389 g/mol. The highest BCUT2D eigenvalue weighted by molar-refractivity contribution is 5.92. The number of para-hydroxylation sites is 1. The zero-order valence-corrected chi connectivity index (χ0v) is 16.0. The number of carbonyl (C=O) groups excluding carboxylic acids is 1. The van der Waals surface area contributed by atoms with Crippen molar-refractivity contribution < 1.29 is 4.79 Å². The van der Waals surface area contributed by atoms with E-state index in [2.05, 4.69) is 30.4 Å². The summed E-state index contributed by atoms with van der Waals surface area (Å²) in [6, 6.07) is 13.4. The highest BCUT2D eigenvalue weighted by atomic mass is 16.2. The third-order valence-electron chi connectivity index (χ3n) is 5.16. The van der Waals surface area contributed by atoms with Crippen molar-refractivity contribution in [1.82, 2.24) is 39.7 Å². The second-order valence-corrected chi connectivity index (χ2v) is 7.04. The van der Waals surface area contributed by atoms with E-state index in [9.17, 15) is 4.79 Å². The topological polar surface area (TPSA) is 97.3 Å². The van der Waals surface area contributed by atoms with E-state index in [0.29, 0.717) is 18.8 Å². The summed E-state index contributed by atoms with van der Waals surface area (Å²) in [6.45, 7) is 3.27. The number of hydrogen-bond donors (Lipinski definition) is 0. The largest absolute Gasteiger partial charge is 0.351 e. The fourth-order valence-corrected chi connectivity index (χ4v) is 3.34. The molecular formula is C19H19N9O. The average Bonchev–Trinajstić information content (AvgIpc) is 3.34. The van der Waals surface area contributed by atoms with Crippen molar-refractivity contribution in [3.05, 3.63) is 60.2 Å². The maximum atomic E-state index is 12.8. The van der Waals surface area contributed by atoms with E-state index >= 15 is 0 Å². The van der Waals surface area contributed by atoms with Gasteiger partial charge in [-0.15, -0.1) is 20.4 Å². The lowest BCUT2D eigenvalue weighted by atomic mass is 10.1. The molecule has 10 nitrogen and oxygen atoms in total. The lowest BCUT2D eigenvalue weighted by molar-refractivity contribution is 0.0698. The predicted molar refractivity (Wildman–Crippen MR) is 105 cm³/mol. The monoisotopic (exact) mass is 389 g/mol. The van der Waals surface area contributed by atoms with Crippen LogP contribution < -0.4 is 4.90 Å². The van der Waals surface area contributed by atoms with E-state index in [-0.39, 0.29) is 11.9 Å². The van der Waals surface area contributed by atoms with E-state index in [0.717, 1.165) is 23.0 Å². The fraction of sp³-hybridized carbons (Fsp3) is 0.263. The van der Waals surface area contributed by atoms with Gasteiger partial charge in [-0.2, -0.15) is 14.4 Å². The van der Waals surface area contributed by atoms with E-state index in [4.69, 9.17) is 0 Å². The molecule has 1 aliphatic heterocycles. The van der Waals surface area contributed by atoms with Gasteiger partial charge in [-0.05, 0) is 31.2 Å². The molecule has 0 unspecified atom stereocenters. The highest BCUT2D eigenvalue weighted by Gasteiger charge is 2.34. The van der Waals surface area contributed by atoms with Crippen LogP contribution in [0.2, 0.25) is 0 Å². The van der Waals surface area contributed by atoms with Gasteiger partial charge in [0.1, 0.15) is 5.82 Å². The summed E-state index contributed by atoms with van der Waals surface area (Å²) >= 11 is 0. The van der Waals surface area contributed by atoms with Crippen LogP contribution in [0.15, 0.2) is 48.7 Å². The molecule has 0 bridgehead atoms. The first-order valence-corrected chi connectivity index (χ1v) is 9.29. The van der Waals surface area contributed by atoms with E-state index in [1.165, 1.54) is 11.0 Å². The Morgan fingerprint density at radius 3 is 2.66 bits per heavy atom. The maximum absolute atomic E-state index is 12.8. The molecule has 146 valence electrons. The van der Waals surface area contributed by atoms with Crippen molar-refractivity contribution >= 4 is 17.4 Å². The normalized spacial score (nSPS) is 14.2. The molecule has 0 spiro atoms. The van der Waals surface area contributed by atoms with Gasteiger partial charge in [0.15, 0.2) is 17.2 Å². The zero-order valence-electron chi connectivity index (χ0n) is 16.0. The number of benzene rings is 1. The Morgan fingerprint density at radius 2 is 1.86 bits per heavy atom. The molecule has 0 saturated carbocycles. The van der Waals surface area contributed by atoms with Crippen molar-refractivity contribution in [3.8, 4) is 5.69 Å². The zero-order chi connectivity index (χ0) is 20.0. The molecule has 4 heterocycles. The summed E-state index contributed by atoms with van der Waals surface area (Å²) in [5, 5.41) is 21.2. The minimum atomic E-state index is -0.144. The number of nitrogens with zero attached hydrogens (tertiary/aromatic N) is 9. The van der Waals surface area contributed by atoms with E-state index < -0.39 is 0 Å². The van der Waals surface area contributed by atoms with Gasteiger partial charge < -0.3 is 9.80 Å². The van der Waals surface area contributed by atoms with Gasteiger partial charge in [-0.25, -0.2) is 0 Å². The van der Waals surface area contributed by atoms with Gasteiger partial charge in [0.05, 0.1) is 17.9 Å². The molecular weight excluding hydrogens is 370 g/mol. The number of fused-ring (bicyclic) bond motifs is 1. The van der Waals surface area contributed by atoms with Crippen LogP contribution in [-0.4, -0.2) is 71.8 Å². The molecule has 3 aromatic heterocycles. The summed E-state index contributed by atoms with van der Waals surface area (Å²) in [7, 11) is 1.80. The number of aromatic nitrogens is 7. The molecule has 10 heteroatoms. The standard InChI is InChI=1S/C19H19N9O/c1-13-21-22-17-8-9-18(24-27(13)17)26-11-15(12-26)25(2)19(29)16-10-20-28(23-16)14-6-4-3-5-7-14/h3-10,15H,11-12H2,1-2H3. The van der Waals surface area contributed by atoms with Crippen LogP contribution in [0.5, 0.6) is 0 Å². The Kier molecular flexibility index (Phi) is 3.97. The number of likely N-dealkylation sites (N-methyl/N-ethyl adjacent to an activating group) is 1. The van der Waals surface area contributed by atoms with Crippen molar-refractivity contribution in [2.24, 2.45) is 0 Å². The molecule has 1 aromatic carbocycles. The number of amides is 1. The van der Waals surface area contributed by atoms with E-state index in [1.54, 1.807) is 16.5 Å². The number of anilines is 1. The summed E-state index contributed by atoms with van der Waals surface area (Å²) in [6.07, 6.45) is 1.51. The summed E-state index contributed by atoms with van der Waals surface area (Å²) in [5.74, 6) is 1.44. The minimum absolute atomic E-state index is 0.0869. The van der Waals surface area contributed by atoms with Crippen molar-refractivity contribution in [2.45, 2.75) is 13.0 Å². The van der Waals surface area contributed by atoms with Crippen LogP contribution in [-0.2, 0) is 0 Å². The summed E-state index contributed by atoms with van der Waals surface area (Å²) in [5.41, 5.74) is 1.86. The van der Waals surface area contributed by atoms with Gasteiger partial charge in [-0.1, -0.05) is 18.2 Å². The molecule has 1 saturated heterocycles. The Morgan fingerprint density at radius 1 is 1.07 bits per heavy atom. The third kappa shape index (κ3) is 2.98. The molecule has 1 amide bonds. The van der Waals surface area contributed by atoms with Crippen LogP contribution in [0.1, 0.15) is 16.3 Å². The lowest BCUT2D eigenvalue weighted by Gasteiger charge is -2.44. The number of carbonyl (C=O) groups is 1. The number of hydrogen-bond acceptors (Lipinski definition) is 7. The summed E-state index contributed by atoms with van der Waals surface area (Å²) in [4.78, 5) is 18.1. The van der Waals surface area contributed by atoms with Crippen LogP contribution in [0.4, 0.5) is 5.82 Å². The van der Waals surface area contributed by atoms with Crippen LogP contribution in [0.25, 0.3) is 11.3 Å². The molecule has 4 aromatic rings. The Hall–Kier alpha value is -3.82. The van der Waals surface area contributed by atoms with Crippen molar-refractivity contribution in [3.63, 3.8) is 0 Å². The molecule has 1 aliphatic rings. The van der Waals surface area contributed by atoms with Gasteiger partial charge in [0, 0.05) is 20.1 Å². The third-order valence-corrected chi connectivity index (χ3v) is 5.16. The molecule has 0 radical (unpaired) electrons. The van der Waals surface area contributed by atoms with Gasteiger partial charge in [0.2, 0.25) is 0 Å². The minimum Gasteiger partial charge on any atom is -0.351 e. The molecule has 29 heavy (non-hydrogen) atoms. The first kappa shape index (κ1) is 17.3. The Balaban J connectivity index is 1.26. The van der Waals surface area contributed by atoms with Gasteiger partial charge >= 0.3 is 0 Å². The second kappa shape index (κ2) is 6.66. The molecule has 0 N–H and O–H groups in total. The summed E-state index contributed by atoms with van der Waals surface area (Å²) < 4.78 is 1.72. The highest BCUT2D eigenvalue weighted by Crippen LogP contribution is 2.22. The maximum Gasteiger partial charge on any atom is 0.276 e. The lowest BCUT2D eigenvalue weighted by Crippen LogP contribution is -2.60. The van der Waals surface area contributed by atoms with Gasteiger partial charge in [-0.3, -0.25) is 4.79 Å². The molecule has 0 aliphatic carbocycles. The quantitative estimate of drug-likeness (QED) is 0.513. The fourth-order valence-electron chi connectivity index (χ4n) is 3.34. The molecule has 1 fully saturated rings. The van der Waals surface area contributed by atoms with Crippen LogP contribution in [0, 0.1) is 6.92 Å². The first-order valence-electron chi connectivity index (χ1n) is 9.29. The molecule has 5 rings (SSSR count). The molecule has 0 atom stereocenters. The van der Waals surface area contributed by atoms with Crippen molar-refractivity contribution in [2.75, 3.05) is 25.0 Å². The van der Waals surface area contributed by atoms with Crippen molar-refractivity contribution in [1.29, 1.82) is 0 Å². The second-order valence-electron chi connectivity index (χ2n) is 7.04. The Labute approximate surface area is 166 Å². The SMILES string of the molecule is Cc1nnc2ccc(N3CC(N(C)C(=O)c4cnn(-c5ccccc5)n4)C3)nn12. The predicted octanol–water partition coefficient (Wildman–Crippen LogP) is 0.974. The Bertz CT molecular complexity index is 1180. The number of aryl methyl sites for hydroxylation is 1. The smallest absolute Gasteiger partial charge is 0.276 e. The first-order chi connectivity index (χ1) is 14.1.